The third-order valence-electron chi connectivity index (χ3n) is 3.26. The summed E-state index contributed by atoms with van der Waals surface area (Å²) in [6.45, 7) is 0. The van der Waals surface area contributed by atoms with E-state index in [0.29, 0.717) is 5.56 Å². The lowest BCUT2D eigenvalue weighted by molar-refractivity contribution is -0.157. The lowest BCUT2D eigenvalue weighted by Crippen LogP contribution is -2.43. The molecule has 1 aromatic rings. The number of hydrogen-bond acceptors (Lipinski definition) is 3. The zero-order chi connectivity index (χ0) is 16.5. The number of carbonyl (C=O) groups is 1. The lowest BCUT2D eigenvalue weighted by atomic mass is 10.1. The lowest BCUT2D eigenvalue weighted by Gasteiger charge is -2.17. The van der Waals surface area contributed by atoms with Gasteiger partial charge in [0.25, 0.3) is 0 Å². The summed E-state index contributed by atoms with van der Waals surface area (Å²) in [5.74, 6) is -1.82. The van der Waals surface area contributed by atoms with E-state index in [-0.39, 0.29) is 10.8 Å². The molecule has 1 fully saturated rings. The second-order valence-electron chi connectivity index (χ2n) is 5.14. The van der Waals surface area contributed by atoms with Crippen LogP contribution in [0.1, 0.15) is 30.7 Å². The van der Waals surface area contributed by atoms with Gasteiger partial charge in [0.2, 0.25) is 10.0 Å². The number of benzene rings is 1. The summed E-state index contributed by atoms with van der Waals surface area (Å²) in [5, 5.41) is 8.81. The molecule has 9 heteroatoms. The average Bonchev–Trinajstić information content (AvgIpc) is 3.20. The van der Waals surface area contributed by atoms with Crippen LogP contribution in [0.3, 0.4) is 0 Å². The van der Waals surface area contributed by atoms with Gasteiger partial charge in [-0.3, -0.25) is 4.79 Å². The van der Waals surface area contributed by atoms with E-state index in [1.165, 1.54) is 12.1 Å². The molecule has 1 aromatic carbocycles. The van der Waals surface area contributed by atoms with Gasteiger partial charge in [-0.15, -0.1) is 0 Å². The number of halogens is 3. The monoisotopic (exact) mass is 337 g/mol. The van der Waals surface area contributed by atoms with Crippen LogP contribution in [0.5, 0.6) is 0 Å². The molecule has 0 amide bonds. The maximum Gasteiger partial charge on any atom is 0.391 e. The Labute approximate surface area is 125 Å². The van der Waals surface area contributed by atoms with Crippen LogP contribution in [-0.2, 0) is 14.8 Å². The van der Waals surface area contributed by atoms with Crippen molar-refractivity contribution in [2.75, 3.05) is 0 Å². The average molecular weight is 337 g/mol. The third kappa shape index (κ3) is 4.20. The Morgan fingerprint density at radius 1 is 1.32 bits per heavy atom. The van der Waals surface area contributed by atoms with Gasteiger partial charge in [0.05, 0.1) is 11.3 Å². The van der Waals surface area contributed by atoms with Crippen LogP contribution in [-0.4, -0.2) is 31.7 Å². The summed E-state index contributed by atoms with van der Waals surface area (Å²) >= 11 is 0. The first-order valence-corrected chi connectivity index (χ1v) is 7.99. The van der Waals surface area contributed by atoms with Gasteiger partial charge in [-0.1, -0.05) is 18.2 Å². The Morgan fingerprint density at radius 3 is 2.41 bits per heavy atom. The van der Waals surface area contributed by atoms with Gasteiger partial charge in [0.1, 0.15) is 6.04 Å². The number of carboxylic acids is 1. The van der Waals surface area contributed by atoms with E-state index < -0.39 is 34.6 Å². The molecule has 0 aliphatic heterocycles. The highest BCUT2D eigenvalue weighted by atomic mass is 32.2. The fourth-order valence-corrected chi connectivity index (χ4v) is 3.61. The molecule has 0 radical (unpaired) electrons. The number of aliphatic carboxylic acids is 1. The molecule has 5 nitrogen and oxygen atoms in total. The molecule has 0 saturated heterocycles. The maximum absolute atomic E-state index is 12.4. The van der Waals surface area contributed by atoms with Gasteiger partial charge < -0.3 is 5.11 Å². The molecule has 0 heterocycles. The molecule has 2 N–H and O–H groups in total. The first kappa shape index (κ1) is 16.8. The van der Waals surface area contributed by atoms with E-state index >= 15 is 0 Å². The van der Waals surface area contributed by atoms with Gasteiger partial charge in [-0.25, -0.2) is 8.42 Å². The van der Waals surface area contributed by atoms with Gasteiger partial charge in [0.15, 0.2) is 0 Å². The minimum absolute atomic E-state index is 0.0543. The molecule has 1 saturated carbocycles. The second-order valence-corrected chi connectivity index (χ2v) is 6.83. The quantitative estimate of drug-likeness (QED) is 0.834. The van der Waals surface area contributed by atoms with Crippen molar-refractivity contribution in [1.82, 2.24) is 4.72 Å². The number of nitrogens with one attached hydrogen (secondary N) is 1. The zero-order valence-electron chi connectivity index (χ0n) is 11.3. The van der Waals surface area contributed by atoms with Crippen molar-refractivity contribution in [2.24, 2.45) is 0 Å². The molecule has 1 atom stereocenters. The summed E-state index contributed by atoms with van der Waals surface area (Å²) < 4.78 is 63.2. The summed E-state index contributed by atoms with van der Waals surface area (Å²) in [5.41, 5.74) is 0.506. The number of rotatable bonds is 6. The molecule has 122 valence electrons. The van der Waals surface area contributed by atoms with Gasteiger partial charge in [-0.05, 0) is 30.4 Å². The summed E-state index contributed by atoms with van der Waals surface area (Å²) in [6.07, 6.45) is -4.95. The summed E-state index contributed by atoms with van der Waals surface area (Å²) in [4.78, 5) is 10.7. The third-order valence-corrected chi connectivity index (χ3v) is 4.80. The van der Waals surface area contributed by atoms with Crippen molar-refractivity contribution >= 4 is 16.0 Å². The minimum atomic E-state index is -4.79. The van der Waals surface area contributed by atoms with Gasteiger partial charge in [-0.2, -0.15) is 17.9 Å². The van der Waals surface area contributed by atoms with Crippen molar-refractivity contribution in [1.29, 1.82) is 0 Å². The fourth-order valence-electron chi connectivity index (χ4n) is 2.12. The molecule has 0 bridgehead atoms. The van der Waals surface area contributed by atoms with E-state index in [2.05, 4.69) is 0 Å². The zero-order valence-corrected chi connectivity index (χ0v) is 12.1. The van der Waals surface area contributed by atoms with Gasteiger partial charge >= 0.3 is 12.1 Å². The van der Waals surface area contributed by atoms with E-state index in [0.717, 1.165) is 12.8 Å². The largest absolute Gasteiger partial charge is 0.480 e. The molecule has 22 heavy (non-hydrogen) atoms. The van der Waals surface area contributed by atoms with Crippen molar-refractivity contribution in [3.63, 3.8) is 0 Å². The Balaban J connectivity index is 2.28. The first-order valence-electron chi connectivity index (χ1n) is 6.51. The standard InChI is InChI=1S/C13H14F3NO4S/c14-13(15,16)7-10(12(18)19)17-22(20,21)11-4-2-1-3-9(11)8-5-6-8/h1-4,8,10,17H,5-7H2,(H,18,19). The van der Waals surface area contributed by atoms with E-state index in [4.69, 9.17) is 5.11 Å². The summed E-state index contributed by atoms with van der Waals surface area (Å²) in [7, 11) is -4.34. The fraction of sp³-hybridized carbons (Fsp3) is 0.462. The van der Waals surface area contributed by atoms with Crippen molar-refractivity contribution < 1.29 is 31.5 Å². The van der Waals surface area contributed by atoms with E-state index in [1.807, 2.05) is 0 Å². The Kier molecular flexibility index (Phi) is 4.48. The van der Waals surface area contributed by atoms with E-state index in [9.17, 15) is 26.4 Å². The van der Waals surface area contributed by atoms with Crippen molar-refractivity contribution in [3.05, 3.63) is 29.8 Å². The molecule has 1 unspecified atom stereocenters. The van der Waals surface area contributed by atoms with Crippen LogP contribution in [0.4, 0.5) is 13.2 Å². The molecule has 2 rings (SSSR count). The number of hydrogen-bond donors (Lipinski definition) is 2. The molecule has 1 aliphatic carbocycles. The Morgan fingerprint density at radius 2 is 1.91 bits per heavy atom. The molecular formula is C13H14F3NO4S. The van der Waals surface area contributed by atoms with Crippen LogP contribution >= 0.6 is 0 Å². The minimum Gasteiger partial charge on any atom is -0.480 e. The highest BCUT2D eigenvalue weighted by Crippen LogP contribution is 2.42. The second kappa shape index (κ2) is 5.88. The number of sulfonamides is 1. The smallest absolute Gasteiger partial charge is 0.391 e. The van der Waals surface area contributed by atoms with Crippen LogP contribution in [0.15, 0.2) is 29.2 Å². The maximum atomic E-state index is 12.4. The normalized spacial score (nSPS) is 17.2. The van der Waals surface area contributed by atoms with Crippen molar-refractivity contribution in [3.8, 4) is 0 Å². The van der Waals surface area contributed by atoms with Crippen LogP contribution in [0.2, 0.25) is 0 Å². The van der Waals surface area contributed by atoms with Crippen LogP contribution < -0.4 is 4.72 Å². The predicted molar refractivity (Wildman–Crippen MR) is 70.8 cm³/mol. The predicted octanol–water partition coefficient (Wildman–Crippen LogP) is 2.25. The van der Waals surface area contributed by atoms with E-state index in [1.54, 1.807) is 16.9 Å². The Hall–Kier alpha value is -1.61. The SMILES string of the molecule is O=C(O)C(CC(F)(F)F)NS(=O)(=O)c1ccccc1C1CC1. The molecule has 0 spiro atoms. The molecular weight excluding hydrogens is 323 g/mol. The number of carboxylic acid groups (broad SMARTS) is 1. The Bertz CT molecular complexity index is 668. The molecule has 1 aliphatic rings. The first-order chi connectivity index (χ1) is 10.1. The van der Waals surface area contributed by atoms with Crippen LogP contribution in [0.25, 0.3) is 0 Å². The highest BCUT2D eigenvalue weighted by Gasteiger charge is 2.39. The topological polar surface area (TPSA) is 83.5 Å². The van der Waals surface area contributed by atoms with Gasteiger partial charge in [0, 0.05) is 0 Å². The highest BCUT2D eigenvalue weighted by molar-refractivity contribution is 7.89. The molecule has 0 aromatic heterocycles. The van der Waals surface area contributed by atoms with Crippen LogP contribution in [0, 0.1) is 0 Å². The van der Waals surface area contributed by atoms with Crippen molar-refractivity contribution in [2.45, 2.75) is 42.3 Å². The number of alkyl halides is 3. The summed E-state index contributed by atoms with van der Waals surface area (Å²) in [6, 6.07) is 3.68.